The molecule has 1 atom stereocenters. The maximum Gasteiger partial charge on any atom is 0.243 e. The molecule has 0 amide bonds. The number of sulfonamides is 1. The summed E-state index contributed by atoms with van der Waals surface area (Å²) in [5.74, 6) is 0.867. The minimum Gasteiger partial charge on any atom is -0.493 e. The van der Waals surface area contributed by atoms with E-state index < -0.39 is 16.1 Å². The van der Waals surface area contributed by atoms with Crippen molar-refractivity contribution in [2.45, 2.75) is 30.8 Å². The topological polar surface area (TPSA) is 76.1 Å². The fraction of sp³-hybridized carbons (Fsp3) is 0.571. The van der Waals surface area contributed by atoms with Gasteiger partial charge in [0.15, 0.2) is 11.5 Å². The van der Waals surface area contributed by atoms with Crippen molar-refractivity contribution in [2.75, 3.05) is 27.3 Å². The van der Waals surface area contributed by atoms with Gasteiger partial charge < -0.3 is 14.6 Å². The summed E-state index contributed by atoms with van der Waals surface area (Å²) in [4.78, 5) is 0.189. The zero-order chi connectivity index (χ0) is 15.6. The van der Waals surface area contributed by atoms with E-state index in [4.69, 9.17) is 9.47 Å². The van der Waals surface area contributed by atoms with Crippen LogP contribution in [-0.2, 0) is 10.0 Å². The third-order valence-electron chi connectivity index (χ3n) is 3.66. The van der Waals surface area contributed by atoms with Crippen molar-refractivity contribution in [2.24, 2.45) is 0 Å². The van der Waals surface area contributed by atoms with E-state index in [-0.39, 0.29) is 11.4 Å². The highest BCUT2D eigenvalue weighted by Gasteiger charge is 2.31. The molecule has 118 valence electrons. The quantitative estimate of drug-likeness (QED) is 0.902. The molecule has 6 nitrogen and oxygen atoms in total. The number of benzene rings is 1. The molecule has 0 radical (unpaired) electrons. The highest BCUT2D eigenvalue weighted by molar-refractivity contribution is 7.89. The number of aliphatic hydroxyl groups excluding tert-OH is 1. The van der Waals surface area contributed by atoms with Crippen molar-refractivity contribution < 1.29 is 23.0 Å². The molecule has 0 aliphatic carbocycles. The van der Waals surface area contributed by atoms with Crippen LogP contribution in [0.15, 0.2) is 17.0 Å². The highest BCUT2D eigenvalue weighted by Crippen LogP contribution is 2.34. The second-order valence-corrected chi connectivity index (χ2v) is 7.04. The summed E-state index contributed by atoms with van der Waals surface area (Å²) in [5, 5.41) is 9.69. The molecule has 0 unspecified atom stereocenters. The SMILES string of the molecule is COc1cc(C)c(S(=O)(=O)N2CCC[C@H](O)C2)cc1OC. The summed E-state index contributed by atoms with van der Waals surface area (Å²) in [6.07, 6.45) is 0.693. The summed E-state index contributed by atoms with van der Waals surface area (Å²) in [6.45, 7) is 2.28. The first-order valence-electron chi connectivity index (χ1n) is 6.81. The third-order valence-corrected chi connectivity index (χ3v) is 5.67. The van der Waals surface area contributed by atoms with Crippen LogP contribution >= 0.6 is 0 Å². The first-order valence-corrected chi connectivity index (χ1v) is 8.25. The van der Waals surface area contributed by atoms with Gasteiger partial charge in [0.25, 0.3) is 0 Å². The Kier molecular flexibility index (Phi) is 4.75. The van der Waals surface area contributed by atoms with Crippen LogP contribution in [0.2, 0.25) is 0 Å². The number of hydrogen-bond acceptors (Lipinski definition) is 5. The van der Waals surface area contributed by atoms with Crippen LogP contribution in [0.25, 0.3) is 0 Å². The molecule has 1 aliphatic rings. The first-order chi connectivity index (χ1) is 9.90. The molecule has 0 aromatic heterocycles. The number of nitrogens with zero attached hydrogens (tertiary/aromatic N) is 1. The Labute approximate surface area is 125 Å². The number of hydrogen-bond donors (Lipinski definition) is 1. The molecule has 7 heteroatoms. The Morgan fingerprint density at radius 2 is 1.86 bits per heavy atom. The highest BCUT2D eigenvalue weighted by atomic mass is 32.2. The summed E-state index contributed by atoms with van der Waals surface area (Å²) in [6, 6.07) is 3.12. The number of β-amino-alcohol motifs (C(OH)–C–C–N with tert-alkyl or cyclic N) is 1. The van der Waals surface area contributed by atoms with Crippen LogP contribution < -0.4 is 9.47 Å². The van der Waals surface area contributed by atoms with Crippen molar-refractivity contribution in [3.8, 4) is 11.5 Å². The predicted molar refractivity (Wildman–Crippen MR) is 78.3 cm³/mol. The lowest BCUT2D eigenvalue weighted by Crippen LogP contribution is -2.42. The van der Waals surface area contributed by atoms with Gasteiger partial charge in [0.2, 0.25) is 10.0 Å². The average Bonchev–Trinajstić information content (AvgIpc) is 2.46. The van der Waals surface area contributed by atoms with E-state index in [1.807, 2.05) is 0 Å². The molecule has 21 heavy (non-hydrogen) atoms. The van der Waals surface area contributed by atoms with E-state index in [2.05, 4.69) is 0 Å². The van der Waals surface area contributed by atoms with Crippen LogP contribution in [0.3, 0.4) is 0 Å². The maximum absolute atomic E-state index is 12.7. The fourth-order valence-corrected chi connectivity index (χ4v) is 4.26. The Hall–Kier alpha value is -1.31. The Morgan fingerprint density at radius 1 is 1.24 bits per heavy atom. The molecule has 1 aromatic rings. The lowest BCUT2D eigenvalue weighted by molar-refractivity contribution is 0.108. The largest absolute Gasteiger partial charge is 0.493 e. The molecule has 0 spiro atoms. The molecule has 0 bridgehead atoms. The minimum atomic E-state index is -3.65. The second-order valence-electron chi connectivity index (χ2n) is 5.13. The number of aryl methyl sites for hydroxylation is 1. The van der Waals surface area contributed by atoms with Gasteiger partial charge in [-0.25, -0.2) is 8.42 Å². The van der Waals surface area contributed by atoms with Crippen LogP contribution in [0.5, 0.6) is 11.5 Å². The minimum absolute atomic E-state index is 0.135. The normalized spacial score (nSPS) is 20.3. The summed E-state index contributed by atoms with van der Waals surface area (Å²) >= 11 is 0. The van der Waals surface area contributed by atoms with Crippen LogP contribution in [0.4, 0.5) is 0 Å². The van der Waals surface area contributed by atoms with Crippen molar-refractivity contribution in [3.05, 3.63) is 17.7 Å². The molecule has 1 heterocycles. The zero-order valence-electron chi connectivity index (χ0n) is 12.5. The Bertz CT molecular complexity index is 614. The number of aliphatic hydroxyl groups is 1. The van der Waals surface area contributed by atoms with E-state index >= 15 is 0 Å². The lowest BCUT2D eigenvalue weighted by Gasteiger charge is -2.29. The van der Waals surface area contributed by atoms with Crippen LogP contribution in [0.1, 0.15) is 18.4 Å². The van der Waals surface area contributed by atoms with E-state index in [1.54, 1.807) is 13.0 Å². The third kappa shape index (κ3) is 3.14. The maximum atomic E-state index is 12.7. The molecule has 2 rings (SSSR count). The van der Waals surface area contributed by atoms with Crippen molar-refractivity contribution in [1.82, 2.24) is 4.31 Å². The van der Waals surface area contributed by atoms with Gasteiger partial charge in [-0.2, -0.15) is 4.31 Å². The van der Waals surface area contributed by atoms with E-state index in [9.17, 15) is 13.5 Å². The van der Waals surface area contributed by atoms with Gasteiger partial charge in [0.1, 0.15) is 0 Å². The molecule has 1 fully saturated rings. The molecular formula is C14H21NO5S. The number of piperidine rings is 1. The monoisotopic (exact) mass is 315 g/mol. The van der Waals surface area contributed by atoms with Gasteiger partial charge in [-0.1, -0.05) is 0 Å². The van der Waals surface area contributed by atoms with Gasteiger partial charge in [0, 0.05) is 19.2 Å². The van der Waals surface area contributed by atoms with Crippen molar-refractivity contribution in [3.63, 3.8) is 0 Å². The average molecular weight is 315 g/mol. The van der Waals surface area contributed by atoms with E-state index in [0.717, 1.165) is 0 Å². The second kappa shape index (κ2) is 6.21. The molecule has 1 aliphatic heterocycles. The van der Waals surface area contributed by atoms with Gasteiger partial charge >= 0.3 is 0 Å². The summed E-state index contributed by atoms with van der Waals surface area (Å²) in [7, 11) is -0.673. The fourth-order valence-electron chi connectivity index (χ4n) is 2.52. The standard InChI is InChI=1S/C14H21NO5S/c1-10-7-12(19-2)13(20-3)8-14(10)21(17,18)15-6-4-5-11(16)9-15/h7-8,11,16H,4-6,9H2,1-3H3/t11-/m0/s1. The van der Waals surface area contributed by atoms with Crippen LogP contribution in [0, 0.1) is 6.92 Å². The van der Waals surface area contributed by atoms with Gasteiger partial charge in [0.05, 0.1) is 25.2 Å². The number of ether oxygens (including phenoxy) is 2. The summed E-state index contributed by atoms with van der Waals surface area (Å²) in [5.41, 5.74) is 0.590. The molecular weight excluding hydrogens is 294 g/mol. The van der Waals surface area contributed by atoms with Gasteiger partial charge in [-0.3, -0.25) is 0 Å². The van der Waals surface area contributed by atoms with Crippen molar-refractivity contribution in [1.29, 1.82) is 0 Å². The first kappa shape index (κ1) is 16.1. The smallest absolute Gasteiger partial charge is 0.243 e. The molecule has 1 saturated heterocycles. The van der Waals surface area contributed by atoms with Crippen molar-refractivity contribution >= 4 is 10.0 Å². The zero-order valence-corrected chi connectivity index (χ0v) is 13.3. The van der Waals surface area contributed by atoms with Gasteiger partial charge in [-0.15, -0.1) is 0 Å². The van der Waals surface area contributed by atoms with Crippen LogP contribution in [-0.4, -0.2) is 51.2 Å². The molecule has 1 N–H and O–H groups in total. The van der Waals surface area contributed by atoms with E-state index in [1.165, 1.54) is 24.6 Å². The van der Waals surface area contributed by atoms with E-state index in [0.29, 0.717) is 36.4 Å². The Balaban J connectivity index is 2.44. The number of methoxy groups -OCH3 is 2. The predicted octanol–water partition coefficient (Wildman–Crippen LogP) is 1.16. The molecule has 1 aromatic carbocycles. The summed E-state index contributed by atoms with van der Waals surface area (Å²) < 4.78 is 37.2. The Morgan fingerprint density at radius 3 is 2.43 bits per heavy atom. The number of rotatable bonds is 4. The van der Waals surface area contributed by atoms with Gasteiger partial charge in [-0.05, 0) is 31.4 Å². The lowest BCUT2D eigenvalue weighted by atomic mass is 10.1. The molecule has 0 saturated carbocycles.